The Morgan fingerprint density at radius 3 is 2.57 bits per heavy atom. The highest BCUT2D eigenvalue weighted by Crippen LogP contribution is 2.34. The predicted molar refractivity (Wildman–Crippen MR) is 84.9 cm³/mol. The molecule has 2 N–H and O–H groups in total. The summed E-state index contributed by atoms with van der Waals surface area (Å²) in [6.45, 7) is 6.45. The molecule has 0 aromatic carbocycles. The van der Waals surface area contributed by atoms with E-state index in [1.807, 2.05) is 6.92 Å². The second-order valence-electron chi connectivity index (χ2n) is 6.65. The van der Waals surface area contributed by atoms with E-state index in [0.717, 1.165) is 32.4 Å². The summed E-state index contributed by atoms with van der Waals surface area (Å²) in [5, 5.41) is 0. The molecule has 2 aliphatic rings. The Labute approximate surface area is 129 Å². The van der Waals surface area contributed by atoms with Crippen molar-refractivity contribution in [1.29, 1.82) is 0 Å². The maximum Gasteiger partial charge on any atom is 0.223 e. The van der Waals surface area contributed by atoms with Crippen molar-refractivity contribution in [3.63, 3.8) is 0 Å². The van der Waals surface area contributed by atoms with Gasteiger partial charge in [0.25, 0.3) is 0 Å². The quantitative estimate of drug-likeness (QED) is 0.785. The Morgan fingerprint density at radius 2 is 1.95 bits per heavy atom. The highest BCUT2D eigenvalue weighted by atomic mass is 16.5. The molecule has 0 aromatic rings. The number of carbonyl (C=O) groups excluding carboxylic acids is 1. The smallest absolute Gasteiger partial charge is 0.223 e. The first-order valence-corrected chi connectivity index (χ1v) is 8.80. The second kappa shape index (κ2) is 8.14. The molecule has 0 saturated heterocycles. The van der Waals surface area contributed by atoms with Crippen LogP contribution in [-0.2, 0) is 9.53 Å². The molecule has 4 nitrogen and oxygen atoms in total. The minimum absolute atomic E-state index is 0.336. The van der Waals surface area contributed by atoms with Crippen molar-refractivity contribution >= 4 is 5.91 Å². The van der Waals surface area contributed by atoms with E-state index < -0.39 is 0 Å². The van der Waals surface area contributed by atoms with E-state index in [1.165, 1.54) is 19.3 Å². The molecular weight excluding hydrogens is 264 g/mol. The van der Waals surface area contributed by atoms with Crippen LogP contribution in [0.15, 0.2) is 0 Å². The van der Waals surface area contributed by atoms with E-state index in [4.69, 9.17) is 10.5 Å². The molecule has 122 valence electrons. The van der Waals surface area contributed by atoms with Gasteiger partial charge in [0.2, 0.25) is 5.91 Å². The maximum absolute atomic E-state index is 12.6. The zero-order valence-corrected chi connectivity index (χ0v) is 13.7. The van der Waals surface area contributed by atoms with Crippen LogP contribution in [0.1, 0.15) is 58.8 Å². The highest BCUT2D eigenvalue weighted by molar-refractivity contribution is 5.77. The van der Waals surface area contributed by atoms with Crippen LogP contribution >= 0.6 is 0 Å². The van der Waals surface area contributed by atoms with Gasteiger partial charge < -0.3 is 15.4 Å². The Bertz CT molecular complexity index is 329. The molecule has 0 radical (unpaired) electrons. The van der Waals surface area contributed by atoms with E-state index in [9.17, 15) is 4.79 Å². The van der Waals surface area contributed by atoms with Crippen molar-refractivity contribution < 1.29 is 9.53 Å². The molecule has 1 amide bonds. The SMILES string of the molecule is CCOC1CC(CC(=O)N(CC)C2CCCCC2CN)C1. The van der Waals surface area contributed by atoms with E-state index >= 15 is 0 Å². The van der Waals surface area contributed by atoms with Gasteiger partial charge in [-0.25, -0.2) is 0 Å². The lowest BCUT2D eigenvalue weighted by atomic mass is 9.79. The monoisotopic (exact) mass is 296 g/mol. The van der Waals surface area contributed by atoms with E-state index in [2.05, 4.69) is 11.8 Å². The highest BCUT2D eigenvalue weighted by Gasteiger charge is 2.35. The second-order valence-corrected chi connectivity index (χ2v) is 6.65. The minimum atomic E-state index is 0.336. The molecule has 2 rings (SSSR count). The van der Waals surface area contributed by atoms with E-state index in [1.54, 1.807) is 0 Å². The summed E-state index contributed by atoms with van der Waals surface area (Å²) in [7, 11) is 0. The van der Waals surface area contributed by atoms with Crippen LogP contribution in [0.4, 0.5) is 0 Å². The number of ether oxygens (including phenoxy) is 1. The third-order valence-corrected chi connectivity index (χ3v) is 5.29. The van der Waals surface area contributed by atoms with Gasteiger partial charge in [0.05, 0.1) is 6.10 Å². The summed E-state index contributed by atoms with van der Waals surface area (Å²) >= 11 is 0. The fourth-order valence-corrected chi connectivity index (χ4v) is 4.05. The van der Waals surface area contributed by atoms with Crippen molar-refractivity contribution in [3.8, 4) is 0 Å². The van der Waals surface area contributed by atoms with Crippen molar-refractivity contribution in [2.24, 2.45) is 17.6 Å². The Balaban J connectivity index is 1.84. The van der Waals surface area contributed by atoms with Crippen LogP contribution in [0.25, 0.3) is 0 Å². The Hall–Kier alpha value is -0.610. The summed E-state index contributed by atoms with van der Waals surface area (Å²) < 4.78 is 5.59. The first kappa shape index (κ1) is 16.8. The van der Waals surface area contributed by atoms with Gasteiger partial charge in [-0.1, -0.05) is 12.8 Å². The van der Waals surface area contributed by atoms with Crippen LogP contribution < -0.4 is 5.73 Å². The lowest BCUT2D eigenvalue weighted by molar-refractivity contribution is -0.138. The summed E-state index contributed by atoms with van der Waals surface area (Å²) in [6.07, 6.45) is 8.03. The van der Waals surface area contributed by atoms with Gasteiger partial charge in [-0.05, 0) is 57.9 Å². The maximum atomic E-state index is 12.6. The van der Waals surface area contributed by atoms with Gasteiger partial charge in [0.1, 0.15) is 0 Å². The molecule has 0 aromatic heterocycles. The summed E-state index contributed by atoms with van der Waals surface area (Å²) in [6, 6.07) is 0.379. The van der Waals surface area contributed by atoms with Crippen LogP contribution in [0, 0.1) is 11.8 Å². The van der Waals surface area contributed by atoms with Gasteiger partial charge in [-0.3, -0.25) is 4.79 Å². The fourth-order valence-electron chi connectivity index (χ4n) is 4.05. The normalized spacial score (nSPS) is 32.5. The molecule has 2 aliphatic carbocycles. The lowest BCUT2D eigenvalue weighted by Crippen LogP contribution is -2.49. The molecule has 21 heavy (non-hydrogen) atoms. The molecule has 4 heteroatoms. The van der Waals surface area contributed by atoms with Gasteiger partial charge in [0.15, 0.2) is 0 Å². The van der Waals surface area contributed by atoms with Gasteiger partial charge in [-0.2, -0.15) is 0 Å². The number of nitrogens with zero attached hydrogens (tertiary/aromatic N) is 1. The number of hydrogen-bond donors (Lipinski definition) is 1. The minimum Gasteiger partial charge on any atom is -0.378 e. The van der Waals surface area contributed by atoms with Crippen LogP contribution in [-0.4, -0.2) is 42.6 Å². The van der Waals surface area contributed by atoms with Gasteiger partial charge in [-0.15, -0.1) is 0 Å². The largest absolute Gasteiger partial charge is 0.378 e. The topological polar surface area (TPSA) is 55.6 Å². The Kier molecular flexibility index (Phi) is 6.49. The summed E-state index contributed by atoms with van der Waals surface area (Å²) in [5.74, 6) is 1.37. The number of carbonyl (C=O) groups is 1. The van der Waals surface area contributed by atoms with Crippen LogP contribution in [0.3, 0.4) is 0 Å². The molecular formula is C17H32N2O2. The third kappa shape index (κ3) is 4.19. The lowest BCUT2D eigenvalue weighted by Gasteiger charge is -2.41. The molecule has 2 saturated carbocycles. The number of amides is 1. The van der Waals surface area contributed by atoms with Gasteiger partial charge in [0, 0.05) is 25.6 Å². The van der Waals surface area contributed by atoms with Crippen molar-refractivity contribution in [2.45, 2.75) is 70.9 Å². The third-order valence-electron chi connectivity index (χ3n) is 5.29. The zero-order valence-electron chi connectivity index (χ0n) is 13.7. The van der Waals surface area contributed by atoms with E-state index in [-0.39, 0.29) is 0 Å². The van der Waals surface area contributed by atoms with Crippen LogP contribution in [0.5, 0.6) is 0 Å². The van der Waals surface area contributed by atoms with Crippen LogP contribution in [0.2, 0.25) is 0 Å². The number of nitrogens with two attached hydrogens (primary N) is 1. The number of rotatable bonds is 7. The standard InChI is InChI=1S/C17H32N2O2/c1-3-19(16-8-6-5-7-14(16)12-18)17(20)11-13-9-15(10-13)21-4-2/h13-16H,3-12,18H2,1-2H3. The Morgan fingerprint density at radius 1 is 1.24 bits per heavy atom. The molecule has 0 heterocycles. The first-order valence-electron chi connectivity index (χ1n) is 8.80. The molecule has 2 atom stereocenters. The molecule has 2 fully saturated rings. The summed E-state index contributed by atoms with van der Waals surface area (Å²) in [5.41, 5.74) is 5.92. The molecule has 2 unspecified atom stereocenters. The fraction of sp³-hybridized carbons (Fsp3) is 0.941. The van der Waals surface area contributed by atoms with Crippen molar-refractivity contribution in [3.05, 3.63) is 0 Å². The van der Waals surface area contributed by atoms with Gasteiger partial charge >= 0.3 is 0 Å². The number of hydrogen-bond acceptors (Lipinski definition) is 3. The van der Waals surface area contributed by atoms with Crippen molar-refractivity contribution in [2.75, 3.05) is 19.7 Å². The predicted octanol–water partition coefficient (Wildman–Crippen LogP) is 2.56. The molecule has 0 spiro atoms. The van der Waals surface area contributed by atoms with E-state index in [0.29, 0.717) is 42.9 Å². The molecule has 0 bridgehead atoms. The molecule has 0 aliphatic heterocycles. The average molecular weight is 296 g/mol. The zero-order chi connectivity index (χ0) is 15.2. The van der Waals surface area contributed by atoms with Crippen molar-refractivity contribution in [1.82, 2.24) is 4.90 Å². The first-order chi connectivity index (χ1) is 10.2. The average Bonchev–Trinajstić information content (AvgIpc) is 2.46. The summed E-state index contributed by atoms with van der Waals surface area (Å²) in [4.78, 5) is 14.8.